The van der Waals surface area contributed by atoms with Crippen molar-refractivity contribution in [3.8, 4) is 0 Å². The van der Waals surface area contributed by atoms with Gasteiger partial charge in [-0.2, -0.15) is 0 Å². The van der Waals surface area contributed by atoms with Crippen molar-refractivity contribution >= 4 is 45.3 Å². The van der Waals surface area contributed by atoms with E-state index < -0.39 is 22.7 Å². The SMILES string of the molecule is C[C@H](OP1(=S)N(C[Si](C)(C)C)[C@@H]2CCCC[C@H]2N1C[Si](C)(C)C)c1ccc2ccccc2c1. The van der Waals surface area contributed by atoms with Gasteiger partial charge in [0.05, 0.1) is 22.3 Å². The first-order valence-corrected chi connectivity index (χ1v) is 22.7. The smallest absolute Gasteiger partial charge is 0.204 e. The Morgan fingerprint density at radius 2 is 1.39 bits per heavy atom. The highest BCUT2D eigenvalue weighted by Gasteiger charge is 2.55. The molecule has 2 aromatic rings. The van der Waals surface area contributed by atoms with Crippen molar-refractivity contribution in [3.05, 3.63) is 48.0 Å². The van der Waals surface area contributed by atoms with E-state index in [9.17, 15) is 0 Å². The molecule has 33 heavy (non-hydrogen) atoms. The molecular weight excluding hydrogens is 476 g/mol. The second-order valence-corrected chi connectivity index (χ2v) is 27.1. The second kappa shape index (κ2) is 9.61. The monoisotopic (exact) mass is 518 g/mol. The number of rotatable bonds is 7. The third-order valence-electron chi connectivity index (χ3n) is 6.92. The van der Waals surface area contributed by atoms with Gasteiger partial charge >= 0.3 is 0 Å². The van der Waals surface area contributed by atoms with E-state index in [4.69, 9.17) is 16.3 Å². The molecule has 1 aliphatic heterocycles. The number of hydrogen-bond acceptors (Lipinski definition) is 2. The number of nitrogens with zero attached hydrogens (tertiary/aromatic N) is 2. The molecule has 182 valence electrons. The summed E-state index contributed by atoms with van der Waals surface area (Å²) in [5, 5.41) is 2.56. The van der Waals surface area contributed by atoms with Crippen LogP contribution in [0.25, 0.3) is 10.8 Å². The van der Waals surface area contributed by atoms with Crippen LogP contribution < -0.4 is 0 Å². The van der Waals surface area contributed by atoms with E-state index in [1.165, 1.54) is 42.0 Å². The highest BCUT2D eigenvalue weighted by molar-refractivity contribution is 8.10. The lowest BCUT2D eigenvalue weighted by Gasteiger charge is -2.40. The van der Waals surface area contributed by atoms with Gasteiger partial charge in [0.25, 0.3) is 0 Å². The van der Waals surface area contributed by atoms with Gasteiger partial charge < -0.3 is 4.52 Å². The first-order chi connectivity index (χ1) is 15.4. The van der Waals surface area contributed by atoms with Crippen molar-refractivity contribution in [1.29, 1.82) is 0 Å². The van der Waals surface area contributed by atoms with Crippen LogP contribution in [0.3, 0.4) is 0 Å². The topological polar surface area (TPSA) is 15.7 Å². The molecule has 2 aliphatic rings. The molecule has 2 fully saturated rings. The zero-order valence-electron chi connectivity index (χ0n) is 21.7. The van der Waals surface area contributed by atoms with Crippen LogP contribution in [0.4, 0.5) is 0 Å². The van der Waals surface area contributed by atoms with Crippen molar-refractivity contribution in [3.63, 3.8) is 0 Å². The Balaban J connectivity index is 1.72. The fourth-order valence-corrected chi connectivity index (χ4v) is 16.4. The maximum Gasteiger partial charge on any atom is 0.204 e. The fourth-order valence-electron chi connectivity index (χ4n) is 5.54. The van der Waals surface area contributed by atoms with Crippen LogP contribution >= 0.6 is 6.57 Å². The average molecular weight is 519 g/mol. The lowest BCUT2D eigenvalue weighted by atomic mass is 9.90. The molecule has 0 bridgehead atoms. The lowest BCUT2D eigenvalue weighted by Crippen LogP contribution is -2.46. The molecule has 1 saturated carbocycles. The van der Waals surface area contributed by atoms with Crippen LogP contribution in [0.2, 0.25) is 39.3 Å². The molecule has 0 N–H and O–H groups in total. The van der Waals surface area contributed by atoms with Gasteiger partial charge in [0, 0.05) is 24.4 Å². The number of fused-ring (bicyclic) bond motifs is 2. The molecular formula is C26H43N2OPSSi2. The van der Waals surface area contributed by atoms with E-state index in [1.54, 1.807) is 0 Å². The molecule has 1 heterocycles. The van der Waals surface area contributed by atoms with E-state index in [1.807, 2.05) is 0 Å². The second-order valence-electron chi connectivity index (χ2n) is 12.6. The van der Waals surface area contributed by atoms with Crippen molar-refractivity contribution in [2.45, 2.75) is 90.1 Å². The summed E-state index contributed by atoms with van der Waals surface area (Å²) < 4.78 is 12.7. The average Bonchev–Trinajstić information content (AvgIpc) is 2.94. The third-order valence-corrected chi connectivity index (χ3v) is 14.3. The molecule has 2 aromatic carbocycles. The van der Waals surface area contributed by atoms with Crippen molar-refractivity contribution < 1.29 is 4.52 Å². The van der Waals surface area contributed by atoms with Crippen LogP contribution in [-0.4, -0.2) is 49.9 Å². The van der Waals surface area contributed by atoms with Crippen LogP contribution in [0.1, 0.15) is 44.3 Å². The van der Waals surface area contributed by atoms with Crippen LogP contribution in [0.5, 0.6) is 0 Å². The minimum absolute atomic E-state index is 0.00568. The Bertz CT molecular complexity index is 999. The van der Waals surface area contributed by atoms with Crippen molar-refractivity contribution in [1.82, 2.24) is 9.34 Å². The first-order valence-electron chi connectivity index (χ1n) is 12.7. The Kier molecular flexibility index (Phi) is 7.50. The van der Waals surface area contributed by atoms with Gasteiger partial charge in [0.15, 0.2) is 0 Å². The standard InChI is InChI=1S/C26H43N2OPSSi2/c1-21(23-17-16-22-12-8-9-13-24(22)18-23)29-30(31)27(19-32(2,3)4)25-14-10-11-15-26(25)28(30)20-33(5,6)7/h8-9,12-13,16-18,21,25-26H,10-11,14-15,19-20H2,1-7H3/t21-,25+,26+/m0/s1. The van der Waals surface area contributed by atoms with E-state index in [0.717, 1.165) is 12.3 Å². The minimum atomic E-state index is -2.30. The molecule has 1 saturated heterocycles. The Morgan fingerprint density at radius 3 is 1.91 bits per heavy atom. The van der Waals surface area contributed by atoms with Crippen LogP contribution in [0, 0.1) is 0 Å². The number of benzene rings is 2. The summed E-state index contributed by atoms with van der Waals surface area (Å²) in [5.74, 6) is 0. The zero-order valence-corrected chi connectivity index (χ0v) is 25.4. The molecule has 4 rings (SSSR count). The largest absolute Gasteiger partial charge is 0.319 e. The fraction of sp³-hybridized carbons (Fsp3) is 0.615. The van der Waals surface area contributed by atoms with Crippen LogP contribution in [-0.2, 0) is 16.3 Å². The van der Waals surface area contributed by atoms with Gasteiger partial charge in [-0.15, -0.1) is 0 Å². The summed E-state index contributed by atoms with van der Waals surface area (Å²) in [5.41, 5.74) is 1.24. The Hall–Kier alpha value is -0.336. The Labute approximate surface area is 209 Å². The predicted octanol–water partition coefficient (Wildman–Crippen LogP) is 7.83. The summed E-state index contributed by atoms with van der Waals surface area (Å²) in [4.78, 5) is 0. The minimum Gasteiger partial charge on any atom is -0.319 e. The Morgan fingerprint density at radius 1 is 0.879 bits per heavy atom. The highest BCUT2D eigenvalue weighted by atomic mass is 32.5. The molecule has 0 amide bonds. The summed E-state index contributed by atoms with van der Waals surface area (Å²) in [6, 6.07) is 16.5. The van der Waals surface area contributed by atoms with Gasteiger partial charge in [0.2, 0.25) is 6.57 Å². The maximum atomic E-state index is 7.16. The quantitative estimate of drug-likeness (QED) is 0.274. The van der Waals surface area contributed by atoms with Gasteiger partial charge in [-0.1, -0.05) is 88.5 Å². The van der Waals surface area contributed by atoms with Gasteiger partial charge in [-0.25, -0.2) is 9.34 Å². The highest BCUT2D eigenvalue weighted by Crippen LogP contribution is 2.66. The van der Waals surface area contributed by atoms with Gasteiger partial charge in [-0.3, -0.25) is 0 Å². The molecule has 0 unspecified atom stereocenters. The summed E-state index contributed by atoms with van der Waals surface area (Å²) in [7, 11) is -2.70. The molecule has 7 heteroatoms. The predicted molar refractivity (Wildman–Crippen MR) is 154 cm³/mol. The van der Waals surface area contributed by atoms with Gasteiger partial charge in [-0.05, 0) is 54.0 Å². The van der Waals surface area contributed by atoms with Crippen molar-refractivity contribution in [2.24, 2.45) is 0 Å². The molecule has 0 spiro atoms. The molecule has 1 aliphatic carbocycles. The van der Waals surface area contributed by atoms with Crippen LogP contribution in [0.15, 0.2) is 42.5 Å². The summed E-state index contributed by atoms with van der Waals surface area (Å²) in [6.07, 6.45) is 7.52. The molecule has 3 nitrogen and oxygen atoms in total. The third kappa shape index (κ3) is 5.74. The molecule has 3 atom stereocenters. The van der Waals surface area contributed by atoms with E-state index in [-0.39, 0.29) is 6.10 Å². The summed E-state index contributed by atoms with van der Waals surface area (Å²) in [6.45, 7) is 14.8. The van der Waals surface area contributed by atoms with E-state index >= 15 is 0 Å². The molecule has 0 aromatic heterocycles. The molecule has 0 radical (unpaired) electrons. The summed E-state index contributed by atoms with van der Waals surface area (Å²) >= 11 is 6.72. The van der Waals surface area contributed by atoms with E-state index in [2.05, 4.69) is 98.0 Å². The van der Waals surface area contributed by atoms with Crippen molar-refractivity contribution in [2.75, 3.05) is 12.3 Å². The first kappa shape index (κ1) is 25.7. The zero-order chi connectivity index (χ0) is 24.0. The van der Waals surface area contributed by atoms with Gasteiger partial charge in [0.1, 0.15) is 0 Å². The maximum absolute atomic E-state index is 7.16. The lowest BCUT2D eigenvalue weighted by molar-refractivity contribution is 0.218. The van der Waals surface area contributed by atoms with E-state index in [0.29, 0.717) is 12.1 Å². The normalized spacial score (nSPS) is 25.3. The number of hydrogen-bond donors (Lipinski definition) is 0.